The molecule has 0 amide bonds. The van der Waals surface area contributed by atoms with Crippen LogP contribution in [0.4, 0.5) is 5.69 Å². The van der Waals surface area contributed by atoms with Crippen molar-refractivity contribution in [3.8, 4) is 0 Å². The Balaban J connectivity index is 1.79. The first-order chi connectivity index (χ1) is 7.84. The molecule has 2 saturated heterocycles. The van der Waals surface area contributed by atoms with Gasteiger partial charge in [0.15, 0.2) is 0 Å². The molecule has 3 heteroatoms. The third-order valence-electron chi connectivity index (χ3n) is 2.91. The van der Waals surface area contributed by atoms with Crippen molar-refractivity contribution >= 4 is 5.69 Å². The second-order valence-corrected chi connectivity index (χ2v) is 4.21. The molecule has 0 saturated carbocycles. The molecule has 2 aliphatic rings. The zero-order chi connectivity index (χ0) is 11.0. The van der Waals surface area contributed by atoms with Gasteiger partial charge in [0.25, 0.3) is 0 Å². The van der Waals surface area contributed by atoms with Gasteiger partial charge < -0.3 is 14.4 Å². The molecule has 3 nitrogen and oxygen atoms in total. The lowest BCUT2D eigenvalue weighted by atomic mass is 10.2. The van der Waals surface area contributed by atoms with Crippen molar-refractivity contribution in [2.45, 2.75) is 12.2 Å². The Morgan fingerprint density at radius 2 is 1.94 bits per heavy atom. The molecular formula is C13H15NO2. The Morgan fingerprint density at radius 1 is 1.25 bits per heavy atom. The number of para-hydroxylation sites is 1. The summed E-state index contributed by atoms with van der Waals surface area (Å²) >= 11 is 0. The van der Waals surface area contributed by atoms with Crippen LogP contribution in [0.15, 0.2) is 42.6 Å². The highest BCUT2D eigenvalue weighted by Crippen LogP contribution is 2.28. The van der Waals surface area contributed by atoms with Crippen molar-refractivity contribution in [2.24, 2.45) is 0 Å². The zero-order valence-electron chi connectivity index (χ0n) is 9.13. The fraction of sp³-hybridized carbons (Fsp3) is 0.385. The molecular weight excluding hydrogens is 202 g/mol. The van der Waals surface area contributed by atoms with E-state index in [9.17, 15) is 0 Å². The number of anilines is 1. The Labute approximate surface area is 95.3 Å². The van der Waals surface area contributed by atoms with Crippen molar-refractivity contribution in [2.75, 3.05) is 24.7 Å². The Kier molecular flexibility index (Phi) is 2.42. The molecule has 2 heterocycles. The molecule has 0 aromatic heterocycles. The van der Waals surface area contributed by atoms with Crippen molar-refractivity contribution in [3.05, 3.63) is 42.6 Å². The van der Waals surface area contributed by atoms with Gasteiger partial charge in [-0.25, -0.2) is 0 Å². The summed E-state index contributed by atoms with van der Waals surface area (Å²) in [6.45, 7) is 6.66. The van der Waals surface area contributed by atoms with Crippen LogP contribution in [0.25, 0.3) is 0 Å². The standard InChI is InChI=1S/C13H15NO2/c1-10(13-9-16-13)14(7-12-8-15-12)11-5-3-2-4-6-11/h2-6,12-13H,1,7-9H2. The van der Waals surface area contributed by atoms with E-state index in [2.05, 4.69) is 23.6 Å². The average Bonchev–Trinajstić information content (AvgIpc) is 3.18. The Bertz CT molecular complexity index is 382. The summed E-state index contributed by atoms with van der Waals surface area (Å²) in [6.07, 6.45) is 0.565. The maximum Gasteiger partial charge on any atom is 0.120 e. The third-order valence-corrected chi connectivity index (χ3v) is 2.91. The number of hydrogen-bond donors (Lipinski definition) is 0. The topological polar surface area (TPSA) is 28.3 Å². The fourth-order valence-corrected chi connectivity index (χ4v) is 1.79. The summed E-state index contributed by atoms with van der Waals surface area (Å²) in [5, 5.41) is 0. The van der Waals surface area contributed by atoms with Gasteiger partial charge in [-0.15, -0.1) is 0 Å². The molecule has 16 heavy (non-hydrogen) atoms. The van der Waals surface area contributed by atoms with E-state index in [0.29, 0.717) is 6.10 Å². The Morgan fingerprint density at radius 3 is 2.50 bits per heavy atom. The summed E-state index contributed by atoms with van der Waals surface area (Å²) in [6, 6.07) is 10.3. The second-order valence-electron chi connectivity index (χ2n) is 4.21. The van der Waals surface area contributed by atoms with E-state index in [1.165, 1.54) is 5.69 Å². The second kappa shape index (κ2) is 3.92. The average molecular weight is 217 g/mol. The van der Waals surface area contributed by atoms with Gasteiger partial charge in [-0.1, -0.05) is 24.8 Å². The first-order valence-corrected chi connectivity index (χ1v) is 5.59. The van der Waals surface area contributed by atoms with Crippen molar-refractivity contribution in [1.29, 1.82) is 0 Å². The molecule has 0 spiro atoms. The lowest BCUT2D eigenvalue weighted by Gasteiger charge is -2.25. The maximum absolute atomic E-state index is 5.29. The number of benzene rings is 1. The van der Waals surface area contributed by atoms with E-state index in [1.54, 1.807) is 0 Å². The predicted molar refractivity (Wildman–Crippen MR) is 62.4 cm³/mol. The molecule has 1 aromatic rings. The highest BCUT2D eigenvalue weighted by atomic mass is 16.6. The largest absolute Gasteiger partial charge is 0.371 e. The number of rotatable bonds is 5. The summed E-state index contributed by atoms with van der Waals surface area (Å²) in [4.78, 5) is 2.20. The van der Waals surface area contributed by atoms with Gasteiger partial charge in [0.2, 0.25) is 0 Å². The van der Waals surface area contributed by atoms with Crippen LogP contribution in [0.2, 0.25) is 0 Å². The van der Waals surface area contributed by atoms with Crippen LogP contribution in [-0.4, -0.2) is 32.0 Å². The normalized spacial score (nSPS) is 26.2. The third kappa shape index (κ3) is 2.10. The minimum absolute atomic E-state index is 0.207. The lowest BCUT2D eigenvalue weighted by molar-refractivity contribution is 0.403. The molecule has 84 valence electrons. The van der Waals surface area contributed by atoms with E-state index in [4.69, 9.17) is 9.47 Å². The summed E-state index contributed by atoms with van der Waals surface area (Å²) < 4.78 is 10.6. The number of hydrogen-bond acceptors (Lipinski definition) is 3. The fourth-order valence-electron chi connectivity index (χ4n) is 1.79. The predicted octanol–water partition coefficient (Wildman–Crippen LogP) is 1.80. The van der Waals surface area contributed by atoms with Gasteiger partial charge in [0, 0.05) is 11.4 Å². The van der Waals surface area contributed by atoms with Gasteiger partial charge in [-0.2, -0.15) is 0 Å². The minimum Gasteiger partial charge on any atom is -0.371 e. The van der Waals surface area contributed by atoms with Crippen LogP contribution in [0, 0.1) is 0 Å². The summed E-state index contributed by atoms with van der Waals surface area (Å²) in [7, 11) is 0. The van der Waals surface area contributed by atoms with E-state index >= 15 is 0 Å². The molecule has 1 aromatic carbocycles. The molecule has 3 rings (SSSR count). The zero-order valence-corrected chi connectivity index (χ0v) is 9.13. The quantitative estimate of drug-likeness (QED) is 0.704. The monoisotopic (exact) mass is 217 g/mol. The van der Waals surface area contributed by atoms with Crippen LogP contribution >= 0.6 is 0 Å². The maximum atomic E-state index is 5.29. The summed E-state index contributed by atoms with van der Waals surface area (Å²) in [5.41, 5.74) is 2.21. The first-order valence-electron chi connectivity index (χ1n) is 5.59. The SMILES string of the molecule is C=C(C1CO1)N(CC1CO1)c1ccccc1. The highest BCUT2D eigenvalue weighted by molar-refractivity contribution is 5.53. The number of ether oxygens (including phenoxy) is 2. The van der Waals surface area contributed by atoms with E-state index in [-0.39, 0.29) is 6.10 Å². The van der Waals surface area contributed by atoms with Crippen LogP contribution in [0.5, 0.6) is 0 Å². The van der Waals surface area contributed by atoms with Crippen LogP contribution < -0.4 is 4.90 Å². The molecule has 2 unspecified atom stereocenters. The van der Waals surface area contributed by atoms with E-state index < -0.39 is 0 Å². The minimum atomic E-state index is 0.207. The summed E-state index contributed by atoms with van der Waals surface area (Å²) in [5.74, 6) is 0. The molecule has 2 aliphatic heterocycles. The van der Waals surface area contributed by atoms with Crippen molar-refractivity contribution < 1.29 is 9.47 Å². The highest BCUT2D eigenvalue weighted by Gasteiger charge is 2.33. The van der Waals surface area contributed by atoms with Crippen LogP contribution in [-0.2, 0) is 9.47 Å². The van der Waals surface area contributed by atoms with Gasteiger partial charge in [-0.3, -0.25) is 0 Å². The molecule has 2 atom stereocenters. The van der Waals surface area contributed by atoms with Crippen molar-refractivity contribution in [1.82, 2.24) is 0 Å². The lowest BCUT2D eigenvalue weighted by Crippen LogP contribution is -2.28. The van der Waals surface area contributed by atoms with Gasteiger partial charge >= 0.3 is 0 Å². The smallest absolute Gasteiger partial charge is 0.120 e. The van der Waals surface area contributed by atoms with Gasteiger partial charge in [0.05, 0.1) is 25.9 Å². The van der Waals surface area contributed by atoms with Crippen LogP contribution in [0.3, 0.4) is 0 Å². The first kappa shape index (κ1) is 9.87. The molecule has 0 aliphatic carbocycles. The molecule has 0 radical (unpaired) electrons. The molecule has 2 fully saturated rings. The van der Waals surface area contributed by atoms with Crippen molar-refractivity contribution in [3.63, 3.8) is 0 Å². The van der Waals surface area contributed by atoms with E-state index in [1.807, 2.05) is 18.2 Å². The van der Waals surface area contributed by atoms with Crippen LogP contribution in [0.1, 0.15) is 0 Å². The Hall–Kier alpha value is -1.32. The van der Waals surface area contributed by atoms with E-state index in [0.717, 1.165) is 25.5 Å². The van der Waals surface area contributed by atoms with Gasteiger partial charge in [0.1, 0.15) is 6.10 Å². The number of nitrogens with zero attached hydrogens (tertiary/aromatic N) is 1. The molecule has 0 N–H and O–H groups in total. The number of epoxide rings is 2. The van der Waals surface area contributed by atoms with Gasteiger partial charge in [-0.05, 0) is 12.1 Å². The molecule has 0 bridgehead atoms.